The molecule has 0 saturated carbocycles. The second-order valence-corrected chi connectivity index (χ2v) is 4.61. The number of rotatable bonds is 10. The average Bonchev–Trinajstić information content (AvgIpc) is 2.16. The molecule has 0 aliphatic heterocycles. The number of phosphoric acid groups is 1. The van der Waals surface area contributed by atoms with Gasteiger partial charge >= 0.3 is 7.82 Å². The van der Waals surface area contributed by atoms with E-state index in [1.807, 2.05) is 11.8 Å². The van der Waals surface area contributed by atoms with E-state index in [2.05, 4.69) is 9.70 Å². The van der Waals surface area contributed by atoms with Gasteiger partial charge in [0.1, 0.15) is 0 Å². The summed E-state index contributed by atoms with van der Waals surface area (Å²) in [7, 11) is -4.37. The Hall–Kier alpha value is -0.330. The molecule has 0 aromatic rings. The summed E-state index contributed by atoms with van der Waals surface area (Å²) in [6, 6.07) is 0. The summed E-state index contributed by atoms with van der Waals surface area (Å²) in [6.45, 7) is 4.19. The highest BCUT2D eigenvalue weighted by atomic mass is 31.2. The van der Waals surface area contributed by atoms with Gasteiger partial charge in [0, 0.05) is 13.1 Å². The molecule has 0 aliphatic rings. The van der Waals surface area contributed by atoms with E-state index >= 15 is 0 Å². The van der Waals surface area contributed by atoms with Gasteiger partial charge < -0.3 is 14.7 Å². The van der Waals surface area contributed by atoms with Gasteiger partial charge in [-0.3, -0.25) is 4.52 Å². The lowest BCUT2D eigenvalue weighted by Crippen LogP contribution is -2.29. The van der Waals surface area contributed by atoms with Crippen molar-refractivity contribution in [2.24, 2.45) is 5.18 Å². The first-order chi connectivity index (χ1) is 7.49. The van der Waals surface area contributed by atoms with Crippen molar-refractivity contribution < 1.29 is 18.9 Å². The fraction of sp³-hybridized carbons (Fsp3) is 1.00. The van der Waals surface area contributed by atoms with Crippen molar-refractivity contribution in [3.05, 3.63) is 4.91 Å². The highest BCUT2D eigenvalue weighted by molar-refractivity contribution is 7.46. The summed E-state index contributed by atoms with van der Waals surface area (Å²) >= 11 is 0. The maximum Gasteiger partial charge on any atom is 0.469 e. The Bertz CT molecular complexity index is 232. The van der Waals surface area contributed by atoms with Gasteiger partial charge in [0.05, 0.1) is 13.2 Å². The fourth-order valence-electron chi connectivity index (χ4n) is 1.30. The van der Waals surface area contributed by atoms with Crippen LogP contribution in [-0.2, 0) is 9.09 Å². The van der Waals surface area contributed by atoms with Crippen molar-refractivity contribution >= 4 is 7.82 Å². The molecule has 0 aromatic heterocycles. The Kier molecular flexibility index (Phi) is 8.60. The van der Waals surface area contributed by atoms with Crippen LogP contribution in [0.3, 0.4) is 0 Å². The summed E-state index contributed by atoms with van der Waals surface area (Å²) in [6.07, 6.45) is 1.59. The van der Waals surface area contributed by atoms with Gasteiger partial charge in [-0.05, 0) is 19.4 Å². The van der Waals surface area contributed by atoms with Gasteiger partial charge in [-0.15, -0.1) is 0 Å². The van der Waals surface area contributed by atoms with Crippen molar-refractivity contribution in [1.29, 1.82) is 0 Å². The average molecular weight is 254 g/mol. The first kappa shape index (κ1) is 15.7. The number of hydrogen-bond acceptors (Lipinski definition) is 5. The molecule has 0 unspecified atom stereocenters. The van der Waals surface area contributed by atoms with Crippen LogP contribution in [0.4, 0.5) is 0 Å². The van der Waals surface area contributed by atoms with E-state index in [0.717, 1.165) is 13.0 Å². The molecule has 0 aliphatic carbocycles. The lowest BCUT2D eigenvalue weighted by atomic mass is 10.3. The molecule has 0 saturated heterocycles. The Morgan fingerprint density at radius 2 is 2.00 bits per heavy atom. The number of phosphoric ester groups is 1. The van der Waals surface area contributed by atoms with E-state index in [1.54, 1.807) is 0 Å². The van der Waals surface area contributed by atoms with Gasteiger partial charge in [0.25, 0.3) is 0 Å². The summed E-state index contributed by atoms with van der Waals surface area (Å²) < 4.78 is 14.8. The Balaban J connectivity index is 3.75. The molecule has 0 radical (unpaired) electrons. The number of hydrogen-bond donors (Lipinski definition) is 2. The second kappa shape index (κ2) is 8.78. The van der Waals surface area contributed by atoms with Crippen LogP contribution in [0.5, 0.6) is 0 Å². The molecular formula is C8H19N2O5P. The highest BCUT2D eigenvalue weighted by Crippen LogP contribution is 2.35. The predicted octanol–water partition coefficient (Wildman–Crippen LogP) is 0.964. The first-order valence-corrected chi connectivity index (χ1v) is 6.74. The highest BCUT2D eigenvalue weighted by Gasteiger charge is 2.14. The minimum atomic E-state index is -4.37. The Morgan fingerprint density at radius 3 is 2.50 bits per heavy atom. The molecule has 0 fully saturated rings. The van der Waals surface area contributed by atoms with E-state index in [4.69, 9.17) is 9.79 Å². The predicted molar refractivity (Wildman–Crippen MR) is 60.0 cm³/mol. The second-order valence-electron chi connectivity index (χ2n) is 3.37. The summed E-state index contributed by atoms with van der Waals surface area (Å²) in [5, 5.41) is 2.75. The fourth-order valence-corrected chi connectivity index (χ4v) is 1.62. The van der Waals surface area contributed by atoms with Crippen LogP contribution < -0.4 is 0 Å². The molecule has 0 bridgehead atoms. The normalized spacial score (nSPS) is 12.0. The SMILES string of the molecule is CCCN(CCCN=O)CCOP(=O)(O)O. The zero-order valence-corrected chi connectivity index (χ0v) is 10.3. The monoisotopic (exact) mass is 254 g/mol. The molecule has 8 heteroatoms. The van der Waals surface area contributed by atoms with Gasteiger partial charge in [-0.2, -0.15) is 4.91 Å². The topological polar surface area (TPSA) is 99.4 Å². The van der Waals surface area contributed by atoms with E-state index in [-0.39, 0.29) is 13.2 Å². The molecule has 16 heavy (non-hydrogen) atoms. The van der Waals surface area contributed by atoms with Crippen molar-refractivity contribution in [3.63, 3.8) is 0 Å². The lowest BCUT2D eigenvalue weighted by Gasteiger charge is -2.20. The van der Waals surface area contributed by atoms with Gasteiger partial charge in [0.2, 0.25) is 0 Å². The van der Waals surface area contributed by atoms with Gasteiger partial charge in [-0.25, -0.2) is 4.57 Å². The first-order valence-electron chi connectivity index (χ1n) is 5.21. The molecule has 0 spiro atoms. The van der Waals surface area contributed by atoms with Crippen LogP contribution in [0.15, 0.2) is 5.18 Å². The summed E-state index contributed by atoms with van der Waals surface area (Å²) in [4.78, 5) is 28.9. The van der Waals surface area contributed by atoms with Crippen LogP contribution >= 0.6 is 7.82 Å². The largest absolute Gasteiger partial charge is 0.469 e. The molecular weight excluding hydrogens is 235 g/mol. The van der Waals surface area contributed by atoms with Crippen LogP contribution in [0.25, 0.3) is 0 Å². The zero-order chi connectivity index (χ0) is 12.4. The van der Waals surface area contributed by atoms with E-state index in [1.165, 1.54) is 0 Å². The minimum absolute atomic E-state index is 0.0151. The zero-order valence-electron chi connectivity index (χ0n) is 9.41. The lowest BCUT2D eigenvalue weighted by molar-refractivity contribution is 0.160. The molecule has 0 amide bonds. The Morgan fingerprint density at radius 1 is 1.31 bits per heavy atom. The molecule has 2 N–H and O–H groups in total. The van der Waals surface area contributed by atoms with Gasteiger partial charge in [-0.1, -0.05) is 12.1 Å². The molecule has 0 heterocycles. The van der Waals surface area contributed by atoms with Gasteiger partial charge in [0.15, 0.2) is 0 Å². The third-order valence-electron chi connectivity index (χ3n) is 1.93. The van der Waals surface area contributed by atoms with Crippen molar-refractivity contribution in [1.82, 2.24) is 4.90 Å². The van der Waals surface area contributed by atoms with Crippen LogP contribution in [-0.4, -0.2) is 47.5 Å². The molecule has 0 atom stereocenters. The van der Waals surface area contributed by atoms with Crippen LogP contribution in [0.2, 0.25) is 0 Å². The number of nitroso groups, excluding NO2 is 1. The third kappa shape index (κ3) is 10.2. The summed E-state index contributed by atoms with van der Waals surface area (Å²) in [5.74, 6) is 0. The molecule has 0 aromatic carbocycles. The number of nitrogens with zero attached hydrogens (tertiary/aromatic N) is 2. The third-order valence-corrected chi connectivity index (χ3v) is 2.45. The van der Waals surface area contributed by atoms with E-state index in [0.29, 0.717) is 19.5 Å². The molecule has 7 nitrogen and oxygen atoms in total. The molecule has 96 valence electrons. The maximum absolute atomic E-state index is 10.4. The van der Waals surface area contributed by atoms with E-state index in [9.17, 15) is 9.47 Å². The smallest absolute Gasteiger partial charge is 0.303 e. The maximum atomic E-state index is 10.4. The minimum Gasteiger partial charge on any atom is -0.303 e. The Labute approximate surface area is 95.0 Å². The standard InChI is InChI=1S/C8H19N2O5P/c1-2-5-10(6-3-4-9-11)7-8-15-16(12,13)14/h2-8H2,1H3,(H2,12,13,14). The van der Waals surface area contributed by atoms with E-state index < -0.39 is 7.82 Å². The molecule has 0 rings (SSSR count). The van der Waals surface area contributed by atoms with Crippen LogP contribution in [0.1, 0.15) is 19.8 Å². The quantitative estimate of drug-likeness (QED) is 0.342. The van der Waals surface area contributed by atoms with Crippen molar-refractivity contribution in [2.45, 2.75) is 19.8 Å². The van der Waals surface area contributed by atoms with Crippen molar-refractivity contribution in [2.75, 3.05) is 32.8 Å². The van der Waals surface area contributed by atoms with Crippen molar-refractivity contribution in [3.8, 4) is 0 Å². The van der Waals surface area contributed by atoms with Crippen LogP contribution in [0, 0.1) is 4.91 Å². The summed E-state index contributed by atoms with van der Waals surface area (Å²) in [5.41, 5.74) is 0.